The Balaban J connectivity index is 1.81. The Morgan fingerprint density at radius 3 is 2.56 bits per heavy atom. The molecule has 7 nitrogen and oxygen atoms in total. The van der Waals surface area contributed by atoms with Crippen LogP contribution in [-0.2, 0) is 13.2 Å². The predicted octanol–water partition coefficient (Wildman–Crippen LogP) is 3.48. The lowest BCUT2D eigenvalue weighted by molar-refractivity contribution is 0.276. The zero-order valence-electron chi connectivity index (χ0n) is 17.9. The number of pyridine rings is 2. The van der Waals surface area contributed by atoms with Gasteiger partial charge in [-0.1, -0.05) is 36.4 Å². The van der Waals surface area contributed by atoms with Crippen molar-refractivity contribution in [1.29, 1.82) is 0 Å². The molecule has 0 atom stereocenters. The molecule has 5 aromatic rings. The van der Waals surface area contributed by atoms with E-state index < -0.39 is 0 Å². The van der Waals surface area contributed by atoms with Crippen molar-refractivity contribution in [2.24, 2.45) is 0 Å². The third-order valence-electron chi connectivity index (χ3n) is 5.91. The Hall–Kier alpha value is -3.97. The average Bonchev–Trinajstić information content (AvgIpc) is 3.14. The molecule has 3 aromatic heterocycles. The van der Waals surface area contributed by atoms with E-state index >= 15 is 0 Å². The molecule has 0 fully saturated rings. The highest BCUT2D eigenvalue weighted by molar-refractivity contribution is 5.92. The first-order valence-electron chi connectivity index (χ1n) is 10.4. The van der Waals surface area contributed by atoms with Crippen LogP contribution in [0.15, 0.2) is 65.7 Å². The van der Waals surface area contributed by atoms with Crippen molar-refractivity contribution in [2.45, 2.75) is 27.0 Å². The minimum absolute atomic E-state index is 0.0682. The number of para-hydroxylation sites is 1. The van der Waals surface area contributed by atoms with E-state index in [4.69, 9.17) is 5.73 Å². The minimum Gasteiger partial charge on any atom is -0.397 e. The molecule has 7 heteroatoms. The molecule has 0 bridgehead atoms. The molecule has 3 heterocycles. The topological polar surface area (TPSA) is 99.0 Å². The Morgan fingerprint density at radius 2 is 1.78 bits per heavy atom. The van der Waals surface area contributed by atoms with Gasteiger partial charge in [0.1, 0.15) is 0 Å². The number of anilines is 1. The normalized spacial score (nSPS) is 11.5. The number of fused-ring (bicyclic) bond motifs is 2. The Bertz CT molecular complexity index is 1550. The van der Waals surface area contributed by atoms with E-state index in [-0.39, 0.29) is 12.2 Å². The van der Waals surface area contributed by atoms with Crippen LogP contribution in [0.5, 0.6) is 0 Å². The van der Waals surface area contributed by atoms with E-state index in [1.807, 2.05) is 62.4 Å². The lowest BCUT2D eigenvalue weighted by Gasteiger charge is -2.17. The SMILES string of the molecule is Cc1ccccc1-n1c(Cn2nc(CO)c3c(N)cncc32)cc2cccc(C)c2c1=O. The third-order valence-corrected chi connectivity index (χ3v) is 5.91. The summed E-state index contributed by atoms with van der Waals surface area (Å²) in [5.74, 6) is 0. The van der Waals surface area contributed by atoms with Gasteiger partial charge >= 0.3 is 0 Å². The average molecular weight is 425 g/mol. The smallest absolute Gasteiger partial charge is 0.263 e. The number of benzene rings is 2. The Morgan fingerprint density at radius 1 is 1.00 bits per heavy atom. The molecule has 3 N–H and O–H groups in total. The summed E-state index contributed by atoms with van der Waals surface area (Å²) >= 11 is 0. The summed E-state index contributed by atoms with van der Waals surface area (Å²) in [5.41, 5.74) is 11.2. The van der Waals surface area contributed by atoms with Crippen molar-refractivity contribution in [3.05, 3.63) is 93.8 Å². The lowest BCUT2D eigenvalue weighted by Crippen LogP contribution is -2.25. The van der Waals surface area contributed by atoms with Crippen LogP contribution in [0.25, 0.3) is 27.4 Å². The molecule has 0 saturated carbocycles. The van der Waals surface area contributed by atoms with Gasteiger partial charge in [-0.25, -0.2) is 0 Å². The molecule has 0 aliphatic carbocycles. The summed E-state index contributed by atoms with van der Waals surface area (Å²) in [6.45, 7) is 4.02. The number of nitrogen functional groups attached to an aromatic ring is 1. The number of aryl methyl sites for hydroxylation is 2. The van der Waals surface area contributed by atoms with Gasteiger partial charge in [0.05, 0.1) is 58.9 Å². The molecule has 2 aromatic carbocycles. The van der Waals surface area contributed by atoms with Crippen molar-refractivity contribution in [2.75, 3.05) is 5.73 Å². The molecule has 0 spiro atoms. The lowest BCUT2D eigenvalue weighted by atomic mass is 10.1. The summed E-state index contributed by atoms with van der Waals surface area (Å²) in [7, 11) is 0. The highest BCUT2D eigenvalue weighted by Gasteiger charge is 2.18. The standard InChI is InChI=1S/C25H23N5O2/c1-15-6-3-4-9-21(15)30-18(10-17-8-5-7-16(2)23(17)25(30)32)13-29-22-12-27-11-19(26)24(22)20(14-31)28-29/h3-12,31H,13-14,26H2,1-2H3. The second-order valence-electron chi connectivity index (χ2n) is 7.99. The third kappa shape index (κ3) is 3.06. The first-order valence-corrected chi connectivity index (χ1v) is 10.4. The summed E-state index contributed by atoms with van der Waals surface area (Å²) in [6.07, 6.45) is 3.23. The maximum atomic E-state index is 13.8. The van der Waals surface area contributed by atoms with Crippen molar-refractivity contribution in [3.8, 4) is 5.69 Å². The van der Waals surface area contributed by atoms with Gasteiger partial charge in [0.15, 0.2) is 0 Å². The second kappa shape index (κ2) is 7.62. The van der Waals surface area contributed by atoms with Crippen molar-refractivity contribution in [1.82, 2.24) is 19.3 Å². The monoisotopic (exact) mass is 425 g/mol. The number of aromatic nitrogens is 4. The number of rotatable bonds is 4. The second-order valence-corrected chi connectivity index (χ2v) is 7.99. The van der Waals surface area contributed by atoms with Crippen molar-refractivity contribution in [3.63, 3.8) is 0 Å². The van der Waals surface area contributed by atoms with Gasteiger partial charge in [0.25, 0.3) is 5.56 Å². The van der Waals surface area contributed by atoms with Crippen LogP contribution < -0.4 is 11.3 Å². The molecule has 32 heavy (non-hydrogen) atoms. The molecule has 5 rings (SSSR count). The summed E-state index contributed by atoms with van der Waals surface area (Å²) < 4.78 is 3.51. The van der Waals surface area contributed by atoms with Crippen LogP contribution in [-0.4, -0.2) is 24.4 Å². The maximum Gasteiger partial charge on any atom is 0.263 e. The molecule has 0 aliphatic rings. The fraction of sp³-hybridized carbons (Fsp3) is 0.160. The van der Waals surface area contributed by atoms with Crippen LogP contribution in [0, 0.1) is 13.8 Å². The van der Waals surface area contributed by atoms with Gasteiger partial charge in [0, 0.05) is 5.69 Å². The molecule has 0 amide bonds. The Kier molecular flexibility index (Phi) is 4.75. The first kappa shape index (κ1) is 20.0. The van der Waals surface area contributed by atoms with E-state index in [9.17, 15) is 9.90 Å². The van der Waals surface area contributed by atoms with Gasteiger partial charge in [-0.05, 0) is 42.5 Å². The largest absolute Gasteiger partial charge is 0.397 e. The Labute approximate surface area is 184 Å². The van der Waals surface area contributed by atoms with Crippen LogP contribution in [0.4, 0.5) is 5.69 Å². The van der Waals surface area contributed by atoms with Crippen LogP contribution in [0.1, 0.15) is 22.5 Å². The molecule has 0 saturated heterocycles. The number of aliphatic hydroxyl groups excluding tert-OH is 1. The molecule has 0 unspecified atom stereocenters. The predicted molar refractivity (Wildman–Crippen MR) is 126 cm³/mol. The van der Waals surface area contributed by atoms with Gasteiger partial charge in [-0.2, -0.15) is 5.10 Å². The van der Waals surface area contributed by atoms with Gasteiger partial charge < -0.3 is 10.8 Å². The molecule has 0 radical (unpaired) electrons. The fourth-order valence-electron chi connectivity index (χ4n) is 4.39. The molecule has 0 aliphatic heterocycles. The number of hydrogen-bond donors (Lipinski definition) is 2. The highest BCUT2D eigenvalue weighted by atomic mass is 16.3. The van der Waals surface area contributed by atoms with Gasteiger partial charge in [0.2, 0.25) is 0 Å². The van der Waals surface area contributed by atoms with Gasteiger partial charge in [-0.3, -0.25) is 19.0 Å². The van der Waals surface area contributed by atoms with Crippen LogP contribution >= 0.6 is 0 Å². The first-order chi connectivity index (χ1) is 15.5. The quantitative estimate of drug-likeness (QED) is 0.459. The van der Waals surface area contributed by atoms with Crippen molar-refractivity contribution < 1.29 is 5.11 Å². The minimum atomic E-state index is -0.237. The maximum absolute atomic E-state index is 13.8. The van der Waals surface area contributed by atoms with Crippen LogP contribution in [0.3, 0.4) is 0 Å². The number of aliphatic hydroxyl groups is 1. The van der Waals surface area contributed by atoms with Crippen LogP contribution in [0.2, 0.25) is 0 Å². The van der Waals surface area contributed by atoms with Gasteiger partial charge in [-0.15, -0.1) is 0 Å². The summed E-state index contributed by atoms with van der Waals surface area (Å²) in [6, 6.07) is 15.7. The van der Waals surface area contributed by atoms with E-state index in [1.165, 1.54) is 0 Å². The molecular formula is C25H23N5O2. The van der Waals surface area contributed by atoms with E-state index in [0.29, 0.717) is 34.2 Å². The zero-order valence-corrected chi connectivity index (χ0v) is 17.9. The number of nitrogens with zero attached hydrogens (tertiary/aromatic N) is 4. The highest BCUT2D eigenvalue weighted by Crippen LogP contribution is 2.26. The summed E-state index contributed by atoms with van der Waals surface area (Å²) in [4.78, 5) is 18.0. The van der Waals surface area contributed by atoms with E-state index in [2.05, 4.69) is 10.1 Å². The molecule has 160 valence electrons. The number of hydrogen-bond acceptors (Lipinski definition) is 5. The molecular weight excluding hydrogens is 402 g/mol. The zero-order chi connectivity index (χ0) is 22.4. The number of nitrogens with two attached hydrogens (primary N) is 1. The van der Waals surface area contributed by atoms with Crippen molar-refractivity contribution >= 4 is 27.4 Å². The van der Waals surface area contributed by atoms with E-state index in [1.54, 1.807) is 21.6 Å². The van der Waals surface area contributed by atoms with E-state index in [0.717, 1.165) is 27.9 Å². The fourth-order valence-corrected chi connectivity index (χ4v) is 4.39. The summed E-state index contributed by atoms with van der Waals surface area (Å²) in [5, 5.41) is 16.7.